The fraction of sp³-hybridized carbons (Fsp3) is 0.292. The van der Waals surface area contributed by atoms with Gasteiger partial charge in [0.2, 0.25) is 0 Å². The van der Waals surface area contributed by atoms with Gasteiger partial charge in [-0.15, -0.1) is 0 Å². The Morgan fingerprint density at radius 1 is 1.19 bits per heavy atom. The highest BCUT2D eigenvalue weighted by Crippen LogP contribution is 2.29. The first-order chi connectivity index (χ1) is 15.4. The Bertz CT molecular complexity index is 1200. The second-order valence-corrected chi connectivity index (χ2v) is 8.65. The number of carbonyl (C=O) groups is 2. The lowest BCUT2D eigenvalue weighted by atomic mass is 9.96. The lowest BCUT2D eigenvalue weighted by Gasteiger charge is -2.27. The Kier molecular flexibility index (Phi) is 6.65. The molecule has 1 aromatic heterocycles. The molecule has 166 valence electrons. The van der Waals surface area contributed by atoms with Crippen molar-refractivity contribution >= 4 is 51.7 Å². The summed E-state index contributed by atoms with van der Waals surface area (Å²) >= 11 is 12.0. The Morgan fingerprint density at radius 3 is 2.72 bits per heavy atom. The van der Waals surface area contributed by atoms with Crippen molar-refractivity contribution in [3.8, 4) is 0 Å². The number of rotatable bonds is 5. The van der Waals surface area contributed by atoms with Gasteiger partial charge in [0.25, 0.3) is 5.91 Å². The molecule has 0 fully saturated rings. The van der Waals surface area contributed by atoms with Crippen molar-refractivity contribution in [1.82, 2.24) is 9.88 Å². The molecule has 0 saturated carbocycles. The first kappa shape index (κ1) is 22.5. The van der Waals surface area contributed by atoms with Crippen LogP contribution in [0.4, 0.5) is 5.69 Å². The third kappa shape index (κ3) is 4.58. The van der Waals surface area contributed by atoms with Crippen LogP contribution in [0.15, 0.2) is 42.5 Å². The SMILES string of the molecule is CCC(OC(=O)c1c2c(nc3ccccc13)CCN(C)C2)C(=O)Nc1ccc(Cl)c(Cl)c1. The minimum Gasteiger partial charge on any atom is -0.449 e. The molecular formula is C24H23Cl2N3O3. The fourth-order valence-electron chi connectivity index (χ4n) is 3.87. The van der Waals surface area contributed by atoms with Gasteiger partial charge in [0.05, 0.1) is 21.1 Å². The van der Waals surface area contributed by atoms with Gasteiger partial charge >= 0.3 is 5.97 Å². The van der Waals surface area contributed by atoms with Crippen molar-refractivity contribution in [2.45, 2.75) is 32.4 Å². The van der Waals surface area contributed by atoms with Gasteiger partial charge < -0.3 is 15.0 Å². The van der Waals surface area contributed by atoms with Gasteiger partial charge in [-0.1, -0.05) is 48.3 Å². The molecule has 0 spiro atoms. The minimum absolute atomic E-state index is 0.323. The molecule has 1 unspecified atom stereocenters. The van der Waals surface area contributed by atoms with Crippen LogP contribution in [0, 0.1) is 0 Å². The summed E-state index contributed by atoms with van der Waals surface area (Å²) in [5.41, 5.74) is 3.48. The monoisotopic (exact) mass is 471 g/mol. The highest BCUT2D eigenvalue weighted by molar-refractivity contribution is 6.42. The van der Waals surface area contributed by atoms with Crippen LogP contribution in [0.25, 0.3) is 10.9 Å². The number of benzene rings is 2. The van der Waals surface area contributed by atoms with E-state index < -0.39 is 18.0 Å². The maximum Gasteiger partial charge on any atom is 0.340 e. The maximum absolute atomic E-state index is 13.4. The van der Waals surface area contributed by atoms with Crippen LogP contribution in [0.5, 0.6) is 0 Å². The topological polar surface area (TPSA) is 71.5 Å². The number of anilines is 1. The van der Waals surface area contributed by atoms with Gasteiger partial charge in [-0.05, 0) is 37.7 Å². The zero-order valence-corrected chi connectivity index (χ0v) is 19.3. The predicted molar refractivity (Wildman–Crippen MR) is 126 cm³/mol. The molecular weight excluding hydrogens is 449 g/mol. The minimum atomic E-state index is -0.958. The molecule has 1 aliphatic rings. The summed E-state index contributed by atoms with van der Waals surface area (Å²) in [6.07, 6.45) is 0.122. The van der Waals surface area contributed by atoms with Crippen LogP contribution in [0.3, 0.4) is 0 Å². The molecule has 0 radical (unpaired) electrons. The Morgan fingerprint density at radius 2 is 1.97 bits per heavy atom. The summed E-state index contributed by atoms with van der Waals surface area (Å²) < 4.78 is 5.73. The highest BCUT2D eigenvalue weighted by atomic mass is 35.5. The van der Waals surface area contributed by atoms with Crippen molar-refractivity contribution in [2.75, 3.05) is 18.9 Å². The standard InChI is InChI=1S/C24H23Cl2N3O3/c1-3-21(23(30)27-14-8-9-17(25)18(26)12-14)32-24(31)22-15-6-4-5-7-19(15)28-20-10-11-29(2)13-16(20)22/h4-9,12,21H,3,10-11,13H2,1-2H3,(H,27,30). The number of esters is 1. The molecule has 4 rings (SSSR count). The molecule has 2 aromatic carbocycles. The summed E-state index contributed by atoms with van der Waals surface area (Å²) in [5.74, 6) is -0.949. The van der Waals surface area contributed by atoms with Gasteiger partial charge in [-0.25, -0.2) is 4.79 Å². The van der Waals surface area contributed by atoms with E-state index in [0.29, 0.717) is 34.3 Å². The van der Waals surface area contributed by atoms with E-state index in [1.807, 2.05) is 31.3 Å². The van der Waals surface area contributed by atoms with Crippen molar-refractivity contribution in [2.24, 2.45) is 0 Å². The van der Waals surface area contributed by atoms with Crippen molar-refractivity contribution < 1.29 is 14.3 Å². The Labute approximate surface area is 196 Å². The highest BCUT2D eigenvalue weighted by Gasteiger charge is 2.29. The third-order valence-corrected chi connectivity index (χ3v) is 6.28. The molecule has 0 aliphatic carbocycles. The first-order valence-electron chi connectivity index (χ1n) is 10.4. The Balaban J connectivity index is 1.63. The van der Waals surface area contributed by atoms with Gasteiger partial charge in [-0.2, -0.15) is 0 Å². The lowest BCUT2D eigenvalue weighted by molar-refractivity contribution is -0.124. The number of para-hydroxylation sites is 1. The Hall–Kier alpha value is -2.67. The van der Waals surface area contributed by atoms with Gasteiger partial charge in [0, 0.05) is 41.8 Å². The number of nitrogens with one attached hydrogen (secondary N) is 1. The van der Waals surface area contributed by atoms with Crippen molar-refractivity contribution in [3.05, 3.63) is 69.3 Å². The number of hydrogen-bond acceptors (Lipinski definition) is 5. The zero-order chi connectivity index (χ0) is 22.8. The van der Waals surface area contributed by atoms with E-state index >= 15 is 0 Å². The average Bonchev–Trinajstić information content (AvgIpc) is 2.78. The second-order valence-electron chi connectivity index (χ2n) is 7.84. The number of ether oxygens (including phenoxy) is 1. The van der Waals surface area contributed by atoms with Crippen molar-refractivity contribution in [3.63, 3.8) is 0 Å². The van der Waals surface area contributed by atoms with E-state index in [1.165, 1.54) is 0 Å². The van der Waals surface area contributed by atoms with Crippen LogP contribution < -0.4 is 5.32 Å². The van der Waals surface area contributed by atoms with Crippen LogP contribution >= 0.6 is 23.2 Å². The number of aromatic nitrogens is 1. The zero-order valence-electron chi connectivity index (χ0n) is 17.8. The molecule has 2 heterocycles. The van der Waals surface area contributed by atoms with E-state index in [-0.39, 0.29) is 0 Å². The van der Waals surface area contributed by atoms with E-state index in [1.54, 1.807) is 25.1 Å². The van der Waals surface area contributed by atoms with E-state index in [0.717, 1.165) is 35.1 Å². The molecule has 1 atom stereocenters. The molecule has 0 saturated heterocycles. The molecule has 1 aliphatic heterocycles. The number of pyridine rings is 1. The number of halogens is 2. The maximum atomic E-state index is 13.4. The molecule has 0 bridgehead atoms. The van der Waals surface area contributed by atoms with Crippen molar-refractivity contribution in [1.29, 1.82) is 0 Å². The number of nitrogens with zero attached hydrogens (tertiary/aromatic N) is 2. The molecule has 1 amide bonds. The van der Waals surface area contributed by atoms with Crippen LogP contribution in [0.2, 0.25) is 10.0 Å². The van der Waals surface area contributed by atoms with Gasteiger partial charge in [0.15, 0.2) is 6.10 Å². The van der Waals surface area contributed by atoms with Gasteiger partial charge in [-0.3, -0.25) is 9.78 Å². The summed E-state index contributed by atoms with van der Waals surface area (Å²) in [5, 5.41) is 4.19. The van der Waals surface area contributed by atoms with E-state index in [2.05, 4.69) is 10.2 Å². The van der Waals surface area contributed by atoms with Crippen LogP contribution in [-0.2, 0) is 22.5 Å². The molecule has 1 N–H and O–H groups in total. The third-order valence-electron chi connectivity index (χ3n) is 5.54. The summed E-state index contributed by atoms with van der Waals surface area (Å²) in [4.78, 5) is 33.1. The molecule has 6 nitrogen and oxygen atoms in total. The summed E-state index contributed by atoms with van der Waals surface area (Å²) in [7, 11) is 2.01. The number of fused-ring (bicyclic) bond motifs is 2. The second kappa shape index (κ2) is 9.45. The van der Waals surface area contributed by atoms with Gasteiger partial charge in [0.1, 0.15) is 0 Å². The number of hydrogen-bond donors (Lipinski definition) is 1. The van der Waals surface area contributed by atoms with Crippen LogP contribution in [0.1, 0.15) is 35.0 Å². The number of amides is 1. The molecule has 8 heteroatoms. The van der Waals surface area contributed by atoms with Crippen LogP contribution in [-0.4, -0.2) is 41.5 Å². The molecule has 32 heavy (non-hydrogen) atoms. The normalized spacial score (nSPS) is 14.6. The van der Waals surface area contributed by atoms with E-state index in [9.17, 15) is 9.59 Å². The average molecular weight is 472 g/mol. The summed E-state index contributed by atoms with van der Waals surface area (Å²) in [6.45, 7) is 3.26. The smallest absolute Gasteiger partial charge is 0.340 e. The first-order valence-corrected chi connectivity index (χ1v) is 11.2. The number of carbonyl (C=O) groups excluding carboxylic acids is 2. The summed E-state index contributed by atoms with van der Waals surface area (Å²) in [6, 6.07) is 12.3. The number of likely N-dealkylation sites (N-methyl/N-ethyl adjacent to an activating group) is 1. The molecule has 3 aromatic rings. The largest absolute Gasteiger partial charge is 0.449 e. The fourth-order valence-corrected chi connectivity index (χ4v) is 4.16. The van der Waals surface area contributed by atoms with E-state index in [4.69, 9.17) is 32.9 Å². The quantitative estimate of drug-likeness (QED) is 0.523. The predicted octanol–water partition coefficient (Wildman–Crippen LogP) is 5.10. The lowest BCUT2D eigenvalue weighted by Crippen LogP contribution is -2.34.